The molecule has 0 aromatic carbocycles. The van der Waals surface area contributed by atoms with Gasteiger partial charge in [-0.1, -0.05) is 19.9 Å². The number of nitrogens with zero attached hydrogens (tertiary/aromatic N) is 2. The van der Waals surface area contributed by atoms with Crippen LogP contribution in [0.15, 0.2) is 17.5 Å². The zero-order chi connectivity index (χ0) is 15.8. The summed E-state index contributed by atoms with van der Waals surface area (Å²) in [4.78, 5) is 18.4. The van der Waals surface area contributed by atoms with Crippen LogP contribution in [0.3, 0.4) is 0 Å². The number of thiophene rings is 1. The first-order chi connectivity index (χ1) is 10.7. The van der Waals surface area contributed by atoms with E-state index in [1.54, 1.807) is 11.3 Å². The molecule has 0 radical (unpaired) electrons. The monoisotopic (exact) mass is 323 g/mol. The molecule has 2 heterocycles. The largest absolute Gasteiger partial charge is 0.336 e. The van der Waals surface area contributed by atoms with Gasteiger partial charge in [-0.3, -0.25) is 4.79 Å². The molecule has 1 aliphatic heterocycles. The maximum atomic E-state index is 12.7. The predicted octanol–water partition coefficient (Wildman–Crippen LogP) is 2.56. The molecule has 2 rings (SSSR count). The Balaban J connectivity index is 1.91. The molecule has 0 aliphatic carbocycles. The lowest BCUT2D eigenvalue weighted by atomic mass is 10.1. The second-order valence-corrected chi connectivity index (χ2v) is 6.95. The van der Waals surface area contributed by atoms with Crippen LogP contribution in [0.1, 0.15) is 38.0 Å². The van der Waals surface area contributed by atoms with Crippen molar-refractivity contribution < 1.29 is 4.79 Å². The van der Waals surface area contributed by atoms with Gasteiger partial charge >= 0.3 is 0 Å². The molecule has 1 aromatic rings. The van der Waals surface area contributed by atoms with Crippen molar-refractivity contribution in [2.24, 2.45) is 0 Å². The van der Waals surface area contributed by atoms with Crippen LogP contribution in [0.2, 0.25) is 0 Å². The minimum Gasteiger partial charge on any atom is -0.336 e. The van der Waals surface area contributed by atoms with E-state index in [0.717, 1.165) is 45.7 Å². The zero-order valence-electron chi connectivity index (χ0n) is 13.9. The van der Waals surface area contributed by atoms with Crippen LogP contribution in [-0.2, 0) is 11.3 Å². The number of amides is 1. The van der Waals surface area contributed by atoms with Crippen molar-refractivity contribution >= 4 is 17.2 Å². The van der Waals surface area contributed by atoms with E-state index in [0.29, 0.717) is 18.4 Å². The van der Waals surface area contributed by atoms with Gasteiger partial charge in [-0.05, 0) is 43.9 Å². The van der Waals surface area contributed by atoms with Gasteiger partial charge in [0.2, 0.25) is 5.91 Å². The molecule has 5 heteroatoms. The third-order valence-electron chi connectivity index (χ3n) is 4.44. The standard InChI is InChI=1S/C17H29N3OS/c1-3-19(4-2)10-11-20(14-16-8-6-12-22-16)17(21)13-15-7-5-9-18-15/h6,8,12,15,18H,3-5,7,9-11,13-14H2,1-2H3. The lowest BCUT2D eigenvalue weighted by Crippen LogP contribution is -2.40. The highest BCUT2D eigenvalue weighted by Gasteiger charge is 2.22. The Bertz CT molecular complexity index is 425. The molecule has 124 valence electrons. The molecule has 0 spiro atoms. The predicted molar refractivity (Wildman–Crippen MR) is 93.2 cm³/mol. The summed E-state index contributed by atoms with van der Waals surface area (Å²) in [6, 6.07) is 4.56. The topological polar surface area (TPSA) is 35.6 Å². The van der Waals surface area contributed by atoms with Crippen LogP contribution in [0.4, 0.5) is 0 Å². The highest BCUT2D eigenvalue weighted by molar-refractivity contribution is 7.09. The third-order valence-corrected chi connectivity index (χ3v) is 5.30. The molecule has 1 N–H and O–H groups in total. The molecular formula is C17H29N3OS. The first-order valence-electron chi connectivity index (χ1n) is 8.48. The molecule has 22 heavy (non-hydrogen) atoms. The Kier molecular flexibility index (Phi) is 7.36. The van der Waals surface area contributed by atoms with E-state index in [2.05, 4.69) is 41.6 Å². The van der Waals surface area contributed by atoms with Gasteiger partial charge in [0.15, 0.2) is 0 Å². The summed E-state index contributed by atoms with van der Waals surface area (Å²) < 4.78 is 0. The molecule has 4 nitrogen and oxygen atoms in total. The van der Waals surface area contributed by atoms with Crippen molar-refractivity contribution in [1.29, 1.82) is 0 Å². The van der Waals surface area contributed by atoms with E-state index in [1.807, 2.05) is 4.90 Å². The van der Waals surface area contributed by atoms with Gasteiger partial charge in [0.05, 0.1) is 6.54 Å². The van der Waals surface area contributed by atoms with Crippen LogP contribution in [0.25, 0.3) is 0 Å². The van der Waals surface area contributed by atoms with Gasteiger partial charge in [0.1, 0.15) is 0 Å². The fourth-order valence-electron chi connectivity index (χ4n) is 2.96. The maximum Gasteiger partial charge on any atom is 0.224 e. The van der Waals surface area contributed by atoms with Crippen LogP contribution in [-0.4, -0.2) is 54.5 Å². The van der Waals surface area contributed by atoms with E-state index in [-0.39, 0.29) is 0 Å². The maximum absolute atomic E-state index is 12.7. The van der Waals surface area contributed by atoms with Crippen LogP contribution < -0.4 is 5.32 Å². The van der Waals surface area contributed by atoms with Gasteiger partial charge in [0, 0.05) is 30.4 Å². The van der Waals surface area contributed by atoms with Crippen molar-refractivity contribution in [3.05, 3.63) is 22.4 Å². The number of hydrogen-bond acceptors (Lipinski definition) is 4. The average Bonchev–Trinajstić information content (AvgIpc) is 3.20. The number of hydrogen-bond donors (Lipinski definition) is 1. The first-order valence-corrected chi connectivity index (χ1v) is 9.36. The molecular weight excluding hydrogens is 294 g/mol. The second-order valence-electron chi connectivity index (χ2n) is 5.92. The summed E-state index contributed by atoms with van der Waals surface area (Å²) in [7, 11) is 0. The quantitative estimate of drug-likeness (QED) is 0.759. The fraction of sp³-hybridized carbons (Fsp3) is 0.706. The molecule has 0 saturated carbocycles. The summed E-state index contributed by atoms with van der Waals surface area (Å²) in [5.41, 5.74) is 0. The molecule has 1 atom stereocenters. The lowest BCUT2D eigenvalue weighted by molar-refractivity contribution is -0.132. The van der Waals surface area contributed by atoms with Crippen molar-refractivity contribution in [1.82, 2.24) is 15.1 Å². The first kappa shape index (κ1) is 17.4. The Labute approximate surface area is 138 Å². The smallest absolute Gasteiger partial charge is 0.224 e. The van der Waals surface area contributed by atoms with Crippen LogP contribution >= 0.6 is 11.3 Å². The van der Waals surface area contributed by atoms with Crippen molar-refractivity contribution in [3.63, 3.8) is 0 Å². The molecule has 0 bridgehead atoms. The Hall–Kier alpha value is -0.910. The van der Waals surface area contributed by atoms with Crippen LogP contribution in [0.5, 0.6) is 0 Å². The summed E-state index contributed by atoms with van der Waals surface area (Å²) in [5, 5.41) is 5.52. The SMILES string of the molecule is CCN(CC)CCN(Cc1cccs1)C(=O)CC1CCCN1. The van der Waals surface area contributed by atoms with Crippen molar-refractivity contribution in [2.45, 2.75) is 45.7 Å². The number of likely N-dealkylation sites (N-methyl/N-ethyl adjacent to an activating group) is 1. The fourth-order valence-corrected chi connectivity index (χ4v) is 3.67. The summed E-state index contributed by atoms with van der Waals surface area (Å²) in [6.07, 6.45) is 2.97. The van der Waals surface area contributed by atoms with Crippen LogP contribution in [0, 0.1) is 0 Å². The van der Waals surface area contributed by atoms with Crippen molar-refractivity contribution in [2.75, 3.05) is 32.7 Å². The average molecular weight is 324 g/mol. The third kappa shape index (κ3) is 5.38. The second kappa shape index (κ2) is 9.28. The number of nitrogens with one attached hydrogen (secondary N) is 1. The minimum absolute atomic E-state index is 0.292. The molecule has 1 amide bonds. The molecule has 1 saturated heterocycles. The van der Waals surface area contributed by atoms with Gasteiger partial charge in [-0.25, -0.2) is 0 Å². The molecule has 1 aromatic heterocycles. The van der Waals surface area contributed by atoms with E-state index in [9.17, 15) is 4.79 Å². The Morgan fingerprint density at radius 3 is 2.77 bits per heavy atom. The van der Waals surface area contributed by atoms with Gasteiger partial charge in [-0.15, -0.1) is 11.3 Å². The van der Waals surface area contributed by atoms with Gasteiger partial charge < -0.3 is 15.1 Å². The normalized spacial score (nSPS) is 18.0. The number of carbonyl (C=O) groups excluding carboxylic acids is 1. The van der Waals surface area contributed by atoms with E-state index >= 15 is 0 Å². The van der Waals surface area contributed by atoms with E-state index in [4.69, 9.17) is 0 Å². The lowest BCUT2D eigenvalue weighted by Gasteiger charge is -2.27. The van der Waals surface area contributed by atoms with E-state index < -0.39 is 0 Å². The van der Waals surface area contributed by atoms with E-state index in [1.165, 1.54) is 11.3 Å². The highest BCUT2D eigenvalue weighted by atomic mass is 32.1. The number of carbonyl (C=O) groups is 1. The zero-order valence-corrected chi connectivity index (χ0v) is 14.7. The van der Waals surface area contributed by atoms with Crippen molar-refractivity contribution in [3.8, 4) is 0 Å². The number of rotatable bonds is 9. The van der Waals surface area contributed by atoms with Gasteiger partial charge in [-0.2, -0.15) is 0 Å². The Morgan fingerprint density at radius 1 is 1.36 bits per heavy atom. The minimum atomic E-state index is 0.292. The highest BCUT2D eigenvalue weighted by Crippen LogP contribution is 2.15. The molecule has 1 fully saturated rings. The van der Waals surface area contributed by atoms with Gasteiger partial charge in [0.25, 0.3) is 0 Å². The molecule has 1 aliphatic rings. The summed E-state index contributed by atoms with van der Waals surface area (Å²) in [5.74, 6) is 0.292. The molecule has 1 unspecified atom stereocenters. The summed E-state index contributed by atoms with van der Waals surface area (Å²) in [6.45, 7) is 10.0. The summed E-state index contributed by atoms with van der Waals surface area (Å²) >= 11 is 1.73. The Morgan fingerprint density at radius 2 is 2.18 bits per heavy atom.